The fraction of sp³-hybridized carbons (Fsp3) is 0.0769. The highest BCUT2D eigenvalue weighted by Crippen LogP contribution is 2.29. The number of nitro benzene ring substituents is 1. The van der Waals surface area contributed by atoms with Gasteiger partial charge >= 0.3 is 0 Å². The van der Waals surface area contributed by atoms with Crippen LogP contribution in [0.2, 0.25) is 0 Å². The second kappa shape index (κ2) is 5.30. The quantitative estimate of drug-likeness (QED) is 0.693. The van der Waals surface area contributed by atoms with Gasteiger partial charge in [0.1, 0.15) is 5.69 Å². The van der Waals surface area contributed by atoms with E-state index in [0.29, 0.717) is 5.56 Å². The van der Waals surface area contributed by atoms with E-state index in [1.165, 1.54) is 24.3 Å². The summed E-state index contributed by atoms with van der Waals surface area (Å²) in [6, 6.07) is 12.1. The molecule has 0 saturated carbocycles. The molecule has 104 valence electrons. The van der Waals surface area contributed by atoms with Crippen LogP contribution in [-0.2, 0) is 10.0 Å². The average Bonchev–Trinajstić information content (AvgIpc) is 2.41. The average molecular weight is 292 g/mol. The summed E-state index contributed by atoms with van der Waals surface area (Å²) in [5.74, 6) is 0. The van der Waals surface area contributed by atoms with E-state index in [1.807, 2.05) is 0 Å². The van der Waals surface area contributed by atoms with Crippen LogP contribution in [0.15, 0.2) is 53.4 Å². The summed E-state index contributed by atoms with van der Waals surface area (Å²) in [5, 5.41) is 11.0. The van der Waals surface area contributed by atoms with E-state index in [4.69, 9.17) is 0 Å². The van der Waals surface area contributed by atoms with Gasteiger partial charge in [0.25, 0.3) is 15.7 Å². The van der Waals surface area contributed by atoms with E-state index in [-0.39, 0.29) is 16.3 Å². The van der Waals surface area contributed by atoms with Crippen molar-refractivity contribution in [2.45, 2.75) is 11.8 Å². The number of sulfonamides is 1. The Bertz CT molecular complexity index is 742. The fourth-order valence-electron chi connectivity index (χ4n) is 1.73. The van der Waals surface area contributed by atoms with Crippen LogP contribution in [0.4, 0.5) is 11.4 Å². The van der Waals surface area contributed by atoms with Crippen molar-refractivity contribution in [3.05, 3.63) is 64.2 Å². The molecule has 0 aliphatic heterocycles. The number of hydrogen-bond donors (Lipinski definition) is 1. The molecule has 0 amide bonds. The van der Waals surface area contributed by atoms with E-state index in [2.05, 4.69) is 4.72 Å². The maximum atomic E-state index is 12.2. The molecule has 0 heterocycles. The minimum absolute atomic E-state index is 0.0126. The van der Waals surface area contributed by atoms with E-state index >= 15 is 0 Å². The van der Waals surface area contributed by atoms with Crippen LogP contribution in [0, 0.1) is 17.0 Å². The molecule has 2 aromatic carbocycles. The van der Waals surface area contributed by atoms with E-state index in [0.717, 1.165) is 0 Å². The second-order valence-corrected chi connectivity index (χ2v) is 5.83. The predicted octanol–water partition coefficient (Wildman–Crippen LogP) is 2.70. The van der Waals surface area contributed by atoms with Gasteiger partial charge in [-0.2, -0.15) is 0 Å². The molecule has 0 bridgehead atoms. The van der Waals surface area contributed by atoms with Gasteiger partial charge in [-0.1, -0.05) is 30.3 Å². The van der Waals surface area contributed by atoms with Crippen molar-refractivity contribution >= 4 is 21.4 Å². The molecule has 20 heavy (non-hydrogen) atoms. The van der Waals surface area contributed by atoms with Crippen molar-refractivity contribution in [1.82, 2.24) is 0 Å². The molecule has 0 aliphatic carbocycles. The SMILES string of the molecule is Cc1cccc([N+](=O)[O-])c1NS(=O)(=O)c1ccccc1. The van der Waals surface area contributed by atoms with Gasteiger partial charge in [-0.3, -0.25) is 14.8 Å². The van der Waals surface area contributed by atoms with Crippen LogP contribution in [0.25, 0.3) is 0 Å². The summed E-state index contributed by atoms with van der Waals surface area (Å²) >= 11 is 0. The molecule has 0 unspecified atom stereocenters. The summed E-state index contributed by atoms with van der Waals surface area (Å²) in [6.45, 7) is 1.61. The maximum Gasteiger partial charge on any atom is 0.293 e. The monoisotopic (exact) mass is 292 g/mol. The Balaban J connectivity index is 2.48. The molecule has 0 spiro atoms. The number of anilines is 1. The third-order valence-corrected chi connectivity index (χ3v) is 4.10. The molecular formula is C13H12N2O4S. The number of nitrogens with one attached hydrogen (secondary N) is 1. The topological polar surface area (TPSA) is 89.3 Å². The Kier molecular flexibility index (Phi) is 3.71. The molecule has 0 atom stereocenters. The zero-order valence-electron chi connectivity index (χ0n) is 10.6. The number of aryl methyl sites for hydroxylation is 1. The van der Waals surface area contributed by atoms with Gasteiger partial charge in [-0.25, -0.2) is 8.42 Å². The number of para-hydroxylation sites is 1. The second-order valence-electron chi connectivity index (χ2n) is 4.14. The number of hydrogen-bond acceptors (Lipinski definition) is 4. The van der Waals surface area contributed by atoms with Crippen LogP contribution in [0.3, 0.4) is 0 Å². The van der Waals surface area contributed by atoms with Gasteiger partial charge in [-0.05, 0) is 24.6 Å². The Labute approximate surface area is 116 Å². The molecule has 2 rings (SSSR count). The summed E-state index contributed by atoms with van der Waals surface area (Å²) in [5.41, 5.74) is 0.199. The fourth-order valence-corrected chi connectivity index (χ4v) is 2.90. The highest BCUT2D eigenvalue weighted by atomic mass is 32.2. The largest absolute Gasteiger partial charge is 0.293 e. The van der Waals surface area contributed by atoms with E-state index in [9.17, 15) is 18.5 Å². The normalized spacial score (nSPS) is 11.1. The lowest BCUT2D eigenvalue weighted by Gasteiger charge is -2.10. The van der Waals surface area contributed by atoms with Crippen molar-refractivity contribution in [1.29, 1.82) is 0 Å². The number of rotatable bonds is 4. The smallest absolute Gasteiger partial charge is 0.273 e. The first-order valence-corrected chi connectivity index (χ1v) is 7.22. The summed E-state index contributed by atoms with van der Waals surface area (Å²) in [7, 11) is -3.85. The van der Waals surface area contributed by atoms with Crippen molar-refractivity contribution in [2.24, 2.45) is 0 Å². The molecule has 6 nitrogen and oxygen atoms in total. The Morgan fingerprint density at radius 1 is 1.05 bits per heavy atom. The first-order chi connectivity index (χ1) is 9.42. The van der Waals surface area contributed by atoms with Gasteiger partial charge in [0.05, 0.1) is 9.82 Å². The predicted molar refractivity (Wildman–Crippen MR) is 75.1 cm³/mol. The highest BCUT2D eigenvalue weighted by Gasteiger charge is 2.21. The molecule has 2 aromatic rings. The minimum Gasteiger partial charge on any atom is -0.273 e. The molecule has 7 heteroatoms. The molecule has 0 fully saturated rings. The Hall–Kier alpha value is -2.41. The number of nitrogens with zero attached hydrogens (tertiary/aromatic N) is 1. The van der Waals surface area contributed by atoms with Crippen molar-refractivity contribution < 1.29 is 13.3 Å². The molecule has 0 radical (unpaired) electrons. The molecular weight excluding hydrogens is 280 g/mol. The summed E-state index contributed by atoms with van der Waals surface area (Å²) in [4.78, 5) is 10.4. The minimum atomic E-state index is -3.85. The van der Waals surface area contributed by atoms with E-state index < -0.39 is 14.9 Å². The molecule has 0 aliphatic rings. The lowest BCUT2D eigenvalue weighted by atomic mass is 10.2. The van der Waals surface area contributed by atoms with Crippen LogP contribution in [0.5, 0.6) is 0 Å². The molecule has 0 saturated heterocycles. The Morgan fingerprint density at radius 2 is 1.70 bits per heavy atom. The Morgan fingerprint density at radius 3 is 2.30 bits per heavy atom. The lowest BCUT2D eigenvalue weighted by molar-refractivity contribution is -0.383. The first kappa shape index (κ1) is 14.0. The highest BCUT2D eigenvalue weighted by molar-refractivity contribution is 7.92. The molecule has 1 N–H and O–H groups in total. The van der Waals surface area contributed by atoms with Gasteiger partial charge in [0.15, 0.2) is 0 Å². The van der Waals surface area contributed by atoms with Crippen molar-refractivity contribution in [3.63, 3.8) is 0 Å². The summed E-state index contributed by atoms with van der Waals surface area (Å²) in [6.07, 6.45) is 0. The van der Waals surface area contributed by atoms with Crippen LogP contribution in [-0.4, -0.2) is 13.3 Å². The zero-order valence-corrected chi connectivity index (χ0v) is 11.4. The standard InChI is InChI=1S/C13H12N2O4S/c1-10-6-5-9-12(15(16)17)13(10)14-20(18,19)11-7-3-2-4-8-11/h2-9,14H,1H3. The van der Waals surface area contributed by atoms with Gasteiger partial charge in [0, 0.05) is 6.07 Å². The van der Waals surface area contributed by atoms with Crippen molar-refractivity contribution in [2.75, 3.05) is 4.72 Å². The lowest BCUT2D eigenvalue weighted by Crippen LogP contribution is -2.14. The molecule has 0 aromatic heterocycles. The van der Waals surface area contributed by atoms with Crippen LogP contribution < -0.4 is 4.72 Å². The number of benzene rings is 2. The third kappa shape index (κ3) is 2.77. The van der Waals surface area contributed by atoms with Crippen LogP contribution >= 0.6 is 0 Å². The van der Waals surface area contributed by atoms with Gasteiger partial charge in [-0.15, -0.1) is 0 Å². The van der Waals surface area contributed by atoms with Gasteiger partial charge in [0.2, 0.25) is 0 Å². The third-order valence-electron chi connectivity index (χ3n) is 2.74. The zero-order chi connectivity index (χ0) is 14.8. The van der Waals surface area contributed by atoms with Crippen molar-refractivity contribution in [3.8, 4) is 0 Å². The van der Waals surface area contributed by atoms with Crippen LogP contribution in [0.1, 0.15) is 5.56 Å². The van der Waals surface area contributed by atoms with Gasteiger partial charge < -0.3 is 0 Å². The first-order valence-electron chi connectivity index (χ1n) is 5.74. The number of nitro groups is 1. The summed E-state index contributed by atoms with van der Waals surface area (Å²) < 4.78 is 26.7. The van der Waals surface area contributed by atoms with E-state index in [1.54, 1.807) is 31.2 Å². The maximum absolute atomic E-state index is 12.2.